The normalized spacial score (nSPS) is 10.7. The van der Waals surface area contributed by atoms with Crippen molar-refractivity contribution < 1.29 is 14.9 Å². The molecule has 0 atom stereocenters. The minimum atomic E-state index is -0.753. The zero-order valence-corrected chi connectivity index (χ0v) is 12.1. The largest absolute Gasteiger partial charge is 0.494 e. The number of hydrogen-bond donors (Lipinski definition) is 1. The topological polar surface area (TPSA) is 94.6 Å². The number of benzene rings is 2. The molecule has 0 fully saturated rings. The van der Waals surface area contributed by atoms with Crippen LogP contribution in [0.15, 0.2) is 53.3 Å². The third kappa shape index (κ3) is 2.28. The first-order valence-electron chi connectivity index (χ1n) is 6.70. The van der Waals surface area contributed by atoms with Crippen LogP contribution in [0.25, 0.3) is 22.0 Å². The molecule has 1 N–H and O–H groups in total. The molecular formula is C16H12N2O5. The second-order valence-corrected chi connectivity index (χ2v) is 4.85. The van der Waals surface area contributed by atoms with E-state index in [1.54, 1.807) is 24.3 Å². The molecule has 0 bridgehead atoms. The number of nitrogens with zero attached hydrogens (tertiary/aromatic N) is 2. The van der Waals surface area contributed by atoms with Crippen molar-refractivity contribution in [3.8, 4) is 16.9 Å². The van der Waals surface area contributed by atoms with Gasteiger partial charge < -0.3 is 9.94 Å². The molecule has 0 aliphatic carbocycles. The minimum Gasteiger partial charge on any atom is -0.494 e. The molecule has 0 unspecified atom stereocenters. The summed E-state index contributed by atoms with van der Waals surface area (Å²) in [6.45, 7) is 0. The number of para-hydroxylation sites is 2. The number of pyridine rings is 1. The number of aromatic nitrogens is 1. The fraction of sp³-hybridized carbons (Fsp3) is 0.0625. The Balaban J connectivity index is 2.40. The molecule has 3 rings (SSSR count). The Labute approximate surface area is 130 Å². The molecule has 3 aromatic rings. The fourth-order valence-corrected chi connectivity index (χ4v) is 2.53. The predicted molar refractivity (Wildman–Crippen MR) is 84.0 cm³/mol. The van der Waals surface area contributed by atoms with Crippen LogP contribution < -0.4 is 10.3 Å². The predicted octanol–water partition coefficient (Wildman–Crippen LogP) is 2.82. The van der Waals surface area contributed by atoms with Gasteiger partial charge in [-0.25, -0.2) is 0 Å². The van der Waals surface area contributed by atoms with Crippen molar-refractivity contribution in [2.24, 2.45) is 0 Å². The molecule has 0 amide bonds. The molecule has 0 saturated carbocycles. The standard InChI is InChI=1S/C16H12N2O5/c1-23-14-8-4-5-10-9-12(16(19)17(20)15(10)14)11-6-2-3-7-13(11)18(21)22/h2-9,20H,1H3. The zero-order valence-electron chi connectivity index (χ0n) is 12.1. The number of nitro groups is 1. The molecule has 0 radical (unpaired) electrons. The number of nitro benzene ring substituents is 1. The summed E-state index contributed by atoms with van der Waals surface area (Å²) in [4.78, 5) is 23.1. The first-order valence-corrected chi connectivity index (χ1v) is 6.70. The van der Waals surface area contributed by atoms with Crippen molar-refractivity contribution >= 4 is 16.6 Å². The van der Waals surface area contributed by atoms with Crippen molar-refractivity contribution in [1.29, 1.82) is 0 Å². The molecular weight excluding hydrogens is 300 g/mol. The third-order valence-corrected chi connectivity index (χ3v) is 3.58. The summed E-state index contributed by atoms with van der Waals surface area (Å²) in [5.41, 5.74) is -0.555. The van der Waals surface area contributed by atoms with Gasteiger partial charge in [-0.05, 0) is 18.2 Å². The lowest BCUT2D eigenvalue weighted by Gasteiger charge is -2.11. The van der Waals surface area contributed by atoms with E-state index in [9.17, 15) is 20.1 Å². The van der Waals surface area contributed by atoms with Gasteiger partial charge in [0, 0.05) is 11.5 Å². The first kappa shape index (κ1) is 14.6. The molecule has 0 aliphatic rings. The lowest BCUT2D eigenvalue weighted by molar-refractivity contribution is -0.384. The highest BCUT2D eigenvalue weighted by molar-refractivity contribution is 5.89. The number of methoxy groups -OCH3 is 1. The summed E-state index contributed by atoms with van der Waals surface area (Å²) >= 11 is 0. The van der Waals surface area contributed by atoms with Crippen molar-refractivity contribution in [3.63, 3.8) is 0 Å². The van der Waals surface area contributed by atoms with Gasteiger partial charge in [-0.15, -0.1) is 4.73 Å². The highest BCUT2D eigenvalue weighted by Gasteiger charge is 2.20. The van der Waals surface area contributed by atoms with E-state index in [4.69, 9.17) is 4.74 Å². The summed E-state index contributed by atoms with van der Waals surface area (Å²) in [5, 5.41) is 21.9. The van der Waals surface area contributed by atoms with Crippen molar-refractivity contribution in [2.75, 3.05) is 7.11 Å². The van der Waals surface area contributed by atoms with Gasteiger partial charge in [-0.2, -0.15) is 0 Å². The molecule has 7 heteroatoms. The smallest absolute Gasteiger partial charge is 0.291 e. The maximum atomic E-state index is 12.5. The number of hydrogen-bond acceptors (Lipinski definition) is 5. The van der Waals surface area contributed by atoms with E-state index in [0.717, 1.165) is 0 Å². The van der Waals surface area contributed by atoms with E-state index in [-0.39, 0.29) is 22.3 Å². The van der Waals surface area contributed by atoms with Gasteiger partial charge in [0.25, 0.3) is 11.2 Å². The Bertz CT molecular complexity index is 978. The molecule has 0 saturated heterocycles. The molecule has 7 nitrogen and oxygen atoms in total. The highest BCUT2D eigenvalue weighted by atomic mass is 16.6. The van der Waals surface area contributed by atoms with Crippen molar-refractivity contribution in [1.82, 2.24) is 4.73 Å². The molecule has 1 heterocycles. The van der Waals surface area contributed by atoms with Gasteiger partial charge >= 0.3 is 0 Å². The molecule has 0 spiro atoms. The van der Waals surface area contributed by atoms with E-state index < -0.39 is 10.5 Å². The molecule has 0 aliphatic heterocycles. The van der Waals surface area contributed by atoms with E-state index >= 15 is 0 Å². The van der Waals surface area contributed by atoms with E-state index in [0.29, 0.717) is 15.9 Å². The van der Waals surface area contributed by atoms with Crippen LogP contribution in [0.4, 0.5) is 5.69 Å². The summed E-state index contributed by atoms with van der Waals surface area (Å²) in [7, 11) is 1.43. The van der Waals surface area contributed by atoms with E-state index in [1.165, 1.54) is 31.4 Å². The van der Waals surface area contributed by atoms with Gasteiger partial charge in [0.15, 0.2) is 0 Å². The maximum Gasteiger partial charge on any atom is 0.291 e. The van der Waals surface area contributed by atoms with Crippen LogP contribution in [0.2, 0.25) is 0 Å². The van der Waals surface area contributed by atoms with Gasteiger partial charge in [-0.3, -0.25) is 14.9 Å². The van der Waals surface area contributed by atoms with Gasteiger partial charge in [-0.1, -0.05) is 24.3 Å². The SMILES string of the molecule is COc1cccc2cc(-c3ccccc3[N+](=O)[O-])c(=O)n(O)c12. The zero-order chi connectivity index (χ0) is 16.6. The monoisotopic (exact) mass is 312 g/mol. The quantitative estimate of drug-likeness (QED) is 0.456. The Kier molecular flexibility index (Phi) is 3.46. The average Bonchev–Trinajstić information content (AvgIpc) is 2.57. The minimum absolute atomic E-state index is 0.0422. The van der Waals surface area contributed by atoms with Gasteiger partial charge in [0.05, 0.1) is 23.2 Å². The van der Waals surface area contributed by atoms with E-state index in [1.807, 2.05) is 0 Å². The molecule has 116 valence electrons. The Morgan fingerprint density at radius 3 is 2.57 bits per heavy atom. The summed E-state index contributed by atoms with van der Waals surface area (Å²) in [5.74, 6) is 0.330. The Morgan fingerprint density at radius 1 is 1.13 bits per heavy atom. The van der Waals surface area contributed by atoms with Crippen LogP contribution in [-0.2, 0) is 0 Å². The number of ether oxygens (including phenoxy) is 1. The average molecular weight is 312 g/mol. The highest BCUT2D eigenvalue weighted by Crippen LogP contribution is 2.31. The lowest BCUT2D eigenvalue weighted by atomic mass is 10.0. The molecule has 23 heavy (non-hydrogen) atoms. The van der Waals surface area contributed by atoms with E-state index in [2.05, 4.69) is 0 Å². The fourth-order valence-electron chi connectivity index (χ4n) is 2.53. The van der Waals surface area contributed by atoms with Crippen molar-refractivity contribution in [2.45, 2.75) is 0 Å². The van der Waals surface area contributed by atoms with Crippen LogP contribution in [-0.4, -0.2) is 22.0 Å². The molecule has 2 aromatic carbocycles. The van der Waals surface area contributed by atoms with Crippen LogP contribution in [0.3, 0.4) is 0 Å². The second kappa shape index (κ2) is 5.45. The first-order chi connectivity index (χ1) is 11.0. The van der Waals surface area contributed by atoms with Gasteiger partial charge in [0.1, 0.15) is 11.3 Å². The van der Waals surface area contributed by atoms with Crippen LogP contribution in [0.1, 0.15) is 0 Å². The summed E-state index contributed by atoms with van der Waals surface area (Å²) < 4.78 is 5.60. The summed E-state index contributed by atoms with van der Waals surface area (Å²) in [6.07, 6.45) is 0. The Morgan fingerprint density at radius 2 is 1.87 bits per heavy atom. The molecule has 1 aromatic heterocycles. The number of fused-ring (bicyclic) bond motifs is 1. The van der Waals surface area contributed by atoms with Crippen LogP contribution in [0, 0.1) is 10.1 Å². The summed E-state index contributed by atoms with van der Waals surface area (Å²) in [6, 6.07) is 12.4. The van der Waals surface area contributed by atoms with Crippen molar-refractivity contribution in [3.05, 3.63) is 69.0 Å². The Hall–Kier alpha value is -3.35. The second-order valence-electron chi connectivity index (χ2n) is 4.85. The number of rotatable bonds is 3. The lowest BCUT2D eigenvalue weighted by Crippen LogP contribution is -2.20. The van der Waals surface area contributed by atoms with Gasteiger partial charge in [0.2, 0.25) is 0 Å². The third-order valence-electron chi connectivity index (χ3n) is 3.58. The van der Waals surface area contributed by atoms with Crippen LogP contribution in [0.5, 0.6) is 5.75 Å². The van der Waals surface area contributed by atoms with Crippen LogP contribution >= 0.6 is 0 Å². The maximum absolute atomic E-state index is 12.5.